The summed E-state index contributed by atoms with van der Waals surface area (Å²) >= 11 is 1.56. The van der Waals surface area contributed by atoms with E-state index in [9.17, 15) is 14.7 Å². The molecule has 2 aliphatic rings. The van der Waals surface area contributed by atoms with Crippen LogP contribution in [0.4, 0.5) is 0 Å². The van der Waals surface area contributed by atoms with Crippen LogP contribution in [-0.2, 0) is 14.3 Å². The molecule has 0 bridgehead atoms. The number of esters is 1. The van der Waals surface area contributed by atoms with E-state index in [-0.39, 0.29) is 36.1 Å². The number of ether oxygens (including phenoxy) is 1. The quantitative estimate of drug-likeness (QED) is 0.458. The molecule has 0 saturated carbocycles. The van der Waals surface area contributed by atoms with Crippen LogP contribution in [0.5, 0.6) is 0 Å². The van der Waals surface area contributed by atoms with E-state index < -0.39 is 5.97 Å². The third kappa shape index (κ3) is 1.95. The van der Waals surface area contributed by atoms with E-state index in [1.54, 1.807) is 11.8 Å². The van der Waals surface area contributed by atoms with Crippen molar-refractivity contribution in [2.45, 2.75) is 12.3 Å². The van der Waals surface area contributed by atoms with E-state index >= 15 is 0 Å². The Morgan fingerprint density at radius 2 is 2.44 bits per heavy atom. The van der Waals surface area contributed by atoms with Crippen molar-refractivity contribution in [1.29, 1.82) is 0 Å². The Bertz CT molecular complexity index is 432. The molecular formula is C12H15NO4S. The van der Waals surface area contributed by atoms with E-state index in [2.05, 4.69) is 6.58 Å². The number of amides is 1. The lowest BCUT2D eigenvalue weighted by Gasteiger charge is -2.48. The zero-order valence-corrected chi connectivity index (χ0v) is 10.9. The maximum atomic E-state index is 11.9. The number of rotatable bonds is 4. The topological polar surface area (TPSA) is 66.8 Å². The van der Waals surface area contributed by atoms with Crippen molar-refractivity contribution < 1.29 is 19.4 Å². The van der Waals surface area contributed by atoms with Gasteiger partial charge in [-0.05, 0) is 5.57 Å². The summed E-state index contributed by atoms with van der Waals surface area (Å²) in [5, 5.41) is 9.26. The summed E-state index contributed by atoms with van der Waals surface area (Å²) in [6.45, 7) is 5.16. The van der Waals surface area contributed by atoms with Gasteiger partial charge in [-0.25, -0.2) is 4.79 Å². The molecule has 0 unspecified atom stereocenters. The van der Waals surface area contributed by atoms with Crippen molar-refractivity contribution in [2.24, 2.45) is 5.92 Å². The Morgan fingerprint density at radius 3 is 3.06 bits per heavy atom. The SMILES string of the molecule is C=CCOC(=O)C1=C(CO)CS[C@@H]2[C@H](C)C(=O)N12. The van der Waals surface area contributed by atoms with Gasteiger partial charge in [-0.3, -0.25) is 9.69 Å². The monoisotopic (exact) mass is 269 g/mol. The van der Waals surface area contributed by atoms with Crippen molar-refractivity contribution in [3.05, 3.63) is 23.9 Å². The fraction of sp³-hybridized carbons (Fsp3) is 0.500. The van der Waals surface area contributed by atoms with Gasteiger partial charge >= 0.3 is 5.97 Å². The maximum absolute atomic E-state index is 11.9. The van der Waals surface area contributed by atoms with Gasteiger partial charge in [0.05, 0.1) is 17.9 Å². The highest BCUT2D eigenvalue weighted by Crippen LogP contribution is 2.43. The summed E-state index contributed by atoms with van der Waals surface area (Å²) in [5.74, 6) is -0.195. The number of carbonyl (C=O) groups excluding carboxylic acids is 2. The van der Waals surface area contributed by atoms with E-state index in [0.29, 0.717) is 11.3 Å². The molecule has 0 aliphatic carbocycles. The first kappa shape index (κ1) is 13.2. The van der Waals surface area contributed by atoms with Crippen LogP contribution < -0.4 is 0 Å². The second-order valence-corrected chi connectivity index (χ2v) is 5.30. The van der Waals surface area contributed by atoms with Crippen molar-refractivity contribution in [3.63, 3.8) is 0 Å². The van der Waals surface area contributed by atoms with Crippen LogP contribution in [0.15, 0.2) is 23.9 Å². The minimum atomic E-state index is -0.565. The lowest BCUT2D eigenvalue weighted by molar-refractivity contribution is -0.153. The van der Waals surface area contributed by atoms with Crippen LogP contribution in [0.1, 0.15) is 6.92 Å². The number of fused-ring (bicyclic) bond motifs is 1. The molecule has 0 aromatic rings. The molecule has 0 aromatic heterocycles. The average Bonchev–Trinajstić information content (AvgIpc) is 2.41. The van der Waals surface area contributed by atoms with Crippen LogP contribution in [0.3, 0.4) is 0 Å². The fourth-order valence-corrected chi connectivity index (χ4v) is 3.42. The molecule has 98 valence electrons. The predicted octanol–water partition coefficient (Wildman–Crippen LogP) is 0.513. The van der Waals surface area contributed by atoms with Gasteiger partial charge in [0, 0.05) is 5.75 Å². The molecule has 0 radical (unpaired) electrons. The van der Waals surface area contributed by atoms with Gasteiger partial charge in [0.2, 0.25) is 5.91 Å². The molecule has 2 aliphatic heterocycles. The summed E-state index contributed by atoms with van der Waals surface area (Å²) in [5.41, 5.74) is 0.761. The van der Waals surface area contributed by atoms with Crippen molar-refractivity contribution >= 4 is 23.6 Å². The number of carbonyl (C=O) groups is 2. The Kier molecular flexibility index (Phi) is 3.77. The Hall–Kier alpha value is -1.27. The number of aliphatic hydroxyl groups excluding tert-OH is 1. The van der Waals surface area contributed by atoms with Gasteiger partial charge < -0.3 is 9.84 Å². The Labute approximate surface area is 109 Å². The van der Waals surface area contributed by atoms with E-state index in [1.165, 1.54) is 11.0 Å². The van der Waals surface area contributed by atoms with Gasteiger partial charge in [-0.2, -0.15) is 0 Å². The second kappa shape index (κ2) is 5.16. The summed E-state index contributed by atoms with van der Waals surface area (Å²) in [6, 6.07) is 0. The first-order valence-corrected chi connectivity index (χ1v) is 6.72. The Morgan fingerprint density at radius 1 is 1.72 bits per heavy atom. The van der Waals surface area contributed by atoms with Gasteiger partial charge in [-0.15, -0.1) is 11.8 Å². The molecule has 0 aromatic carbocycles. The predicted molar refractivity (Wildman–Crippen MR) is 67.5 cm³/mol. The van der Waals surface area contributed by atoms with Crippen LogP contribution in [-0.4, -0.2) is 46.2 Å². The number of nitrogens with zero attached hydrogens (tertiary/aromatic N) is 1. The zero-order valence-electron chi connectivity index (χ0n) is 10.1. The molecule has 18 heavy (non-hydrogen) atoms. The van der Waals surface area contributed by atoms with E-state index in [0.717, 1.165) is 0 Å². The first-order valence-electron chi connectivity index (χ1n) is 5.67. The van der Waals surface area contributed by atoms with Gasteiger partial charge in [0.1, 0.15) is 12.3 Å². The highest BCUT2D eigenvalue weighted by atomic mass is 32.2. The minimum absolute atomic E-state index is 0.0147. The van der Waals surface area contributed by atoms with Crippen molar-refractivity contribution in [1.82, 2.24) is 4.90 Å². The number of thioether (sulfide) groups is 1. The number of hydrogen-bond donors (Lipinski definition) is 1. The summed E-state index contributed by atoms with van der Waals surface area (Å²) in [7, 11) is 0. The average molecular weight is 269 g/mol. The summed E-state index contributed by atoms with van der Waals surface area (Å²) in [6.07, 6.45) is 1.46. The number of β-lactam (4-membered cyclic amide) rings is 1. The van der Waals surface area contributed by atoms with Crippen LogP contribution in [0.25, 0.3) is 0 Å². The van der Waals surface area contributed by atoms with Gasteiger partial charge in [0.25, 0.3) is 0 Å². The molecule has 1 fully saturated rings. The van der Waals surface area contributed by atoms with Crippen LogP contribution >= 0.6 is 11.8 Å². The molecular weight excluding hydrogens is 254 g/mol. The van der Waals surface area contributed by atoms with Crippen LogP contribution in [0, 0.1) is 5.92 Å². The van der Waals surface area contributed by atoms with E-state index in [4.69, 9.17) is 4.74 Å². The molecule has 5 nitrogen and oxygen atoms in total. The molecule has 1 N–H and O–H groups in total. The smallest absolute Gasteiger partial charge is 0.355 e. The molecule has 1 amide bonds. The maximum Gasteiger partial charge on any atom is 0.355 e. The number of hydrogen-bond acceptors (Lipinski definition) is 5. The van der Waals surface area contributed by atoms with E-state index in [1.807, 2.05) is 6.92 Å². The zero-order chi connectivity index (χ0) is 13.3. The minimum Gasteiger partial charge on any atom is -0.457 e. The summed E-state index contributed by atoms with van der Waals surface area (Å²) < 4.78 is 4.97. The third-order valence-corrected chi connectivity index (χ3v) is 4.51. The van der Waals surface area contributed by atoms with Gasteiger partial charge in [0.15, 0.2) is 0 Å². The first-order chi connectivity index (χ1) is 8.61. The molecule has 1 saturated heterocycles. The van der Waals surface area contributed by atoms with Crippen molar-refractivity contribution in [3.8, 4) is 0 Å². The lowest BCUT2D eigenvalue weighted by Crippen LogP contribution is -2.60. The number of aliphatic hydroxyl groups is 1. The largest absolute Gasteiger partial charge is 0.457 e. The van der Waals surface area contributed by atoms with Crippen molar-refractivity contribution in [2.75, 3.05) is 19.0 Å². The van der Waals surface area contributed by atoms with Gasteiger partial charge in [-0.1, -0.05) is 19.6 Å². The molecule has 2 rings (SSSR count). The highest BCUT2D eigenvalue weighted by Gasteiger charge is 2.51. The molecule has 0 spiro atoms. The second-order valence-electron chi connectivity index (χ2n) is 4.20. The third-order valence-electron chi connectivity index (χ3n) is 3.03. The standard InChI is InChI=1S/C12H15NO4S/c1-3-4-17-12(16)9-8(5-14)6-18-11-7(2)10(15)13(9)11/h3,7,11,14H,1,4-6H2,2H3/t7-,11-/m1/s1. The lowest BCUT2D eigenvalue weighted by atomic mass is 9.98. The Balaban J connectivity index is 2.26. The normalized spacial score (nSPS) is 26.6. The molecule has 2 heterocycles. The molecule has 6 heteroatoms. The van der Waals surface area contributed by atoms with Crippen LogP contribution in [0.2, 0.25) is 0 Å². The summed E-state index contributed by atoms with van der Waals surface area (Å²) in [4.78, 5) is 25.2. The fourth-order valence-electron chi connectivity index (χ4n) is 2.06. The highest BCUT2D eigenvalue weighted by molar-refractivity contribution is 8.00. The molecule has 2 atom stereocenters.